The highest BCUT2D eigenvalue weighted by Crippen LogP contribution is 2.23. The molecule has 0 saturated heterocycles. The second kappa shape index (κ2) is 8.23. The van der Waals surface area contributed by atoms with Crippen LogP contribution in [0.15, 0.2) is 82.8 Å². The van der Waals surface area contributed by atoms with Gasteiger partial charge in [0.15, 0.2) is 5.70 Å². The average Bonchev–Trinajstić information content (AvgIpc) is 3.38. The quantitative estimate of drug-likeness (QED) is 0.435. The van der Waals surface area contributed by atoms with Crippen molar-refractivity contribution in [2.75, 3.05) is 11.4 Å². The summed E-state index contributed by atoms with van der Waals surface area (Å²) in [7, 11) is 0. The predicted molar refractivity (Wildman–Crippen MR) is 115 cm³/mol. The molecule has 0 radical (unpaired) electrons. The van der Waals surface area contributed by atoms with E-state index < -0.39 is 5.97 Å². The molecule has 28 heavy (non-hydrogen) atoms. The van der Waals surface area contributed by atoms with Crippen LogP contribution in [0.2, 0.25) is 0 Å². The van der Waals surface area contributed by atoms with E-state index in [4.69, 9.17) is 4.74 Å². The Balaban J connectivity index is 1.51. The van der Waals surface area contributed by atoms with E-state index >= 15 is 0 Å². The van der Waals surface area contributed by atoms with Gasteiger partial charge in [0.05, 0.1) is 4.88 Å². The van der Waals surface area contributed by atoms with Crippen LogP contribution in [-0.2, 0) is 16.1 Å². The van der Waals surface area contributed by atoms with Crippen LogP contribution in [0.5, 0.6) is 0 Å². The Morgan fingerprint density at radius 1 is 1.04 bits per heavy atom. The average molecular weight is 388 g/mol. The number of ether oxygens (including phenoxy) is 1. The molecule has 2 aromatic carbocycles. The van der Waals surface area contributed by atoms with Crippen LogP contribution in [0, 0.1) is 0 Å². The third kappa shape index (κ3) is 4.05. The molecule has 2 heterocycles. The number of hydrogen-bond donors (Lipinski definition) is 0. The Hall–Kier alpha value is -3.18. The Bertz CT molecular complexity index is 1010. The van der Waals surface area contributed by atoms with E-state index in [1.54, 1.807) is 6.08 Å². The summed E-state index contributed by atoms with van der Waals surface area (Å²) < 4.78 is 5.28. The van der Waals surface area contributed by atoms with Crippen LogP contribution in [0.4, 0.5) is 5.69 Å². The van der Waals surface area contributed by atoms with Crippen molar-refractivity contribution in [3.8, 4) is 0 Å². The largest absolute Gasteiger partial charge is 0.401 e. The van der Waals surface area contributed by atoms with Crippen molar-refractivity contribution in [1.82, 2.24) is 0 Å². The number of esters is 1. The summed E-state index contributed by atoms with van der Waals surface area (Å²) in [6.07, 6.45) is 1.76. The fourth-order valence-electron chi connectivity index (χ4n) is 3.04. The van der Waals surface area contributed by atoms with Gasteiger partial charge in [-0.2, -0.15) is 0 Å². The second-order valence-corrected chi connectivity index (χ2v) is 7.35. The first kappa shape index (κ1) is 18.2. The minimum atomic E-state index is -0.410. The fraction of sp³-hybridized carbons (Fsp3) is 0.130. The van der Waals surface area contributed by atoms with E-state index in [2.05, 4.69) is 53.2 Å². The summed E-state index contributed by atoms with van der Waals surface area (Å²) in [5.74, 6) is -0.0328. The zero-order chi connectivity index (χ0) is 19.3. The minimum Gasteiger partial charge on any atom is -0.401 e. The van der Waals surface area contributed by atoms with E-state index in [9.17, 15) is 4.79 Å². The van der Waals surface area contributed by atoms with Crippen molar-refractivity contribution >= 4 is 35.0 Å². The van der Waals surface area contributed by atoms with Gasteiger partial charge in [-0.15, -0.1) is 11.3 Å². The molecule has 0 N–H and O–H groups in total. The maximum Gasteiger partial charge on any atom is 0.363 e. The number of cyclic esters (lactones) is 1. The molecule has 0 atom stereocenters. The molecule has 1 aliphatic heterocycles. The van der Waals surface area contributed by atoms with E-state index in [0.29, 0.717) is 11.6 Å². The van der Waals surface area contributed by atoms with E-state index in [1.165, 1.54) is 16.9 Å². The maximum absolute atomic E-state index is 12.1. The highest BCUT2D eigenvalue weighted by Gasteiger charge is 2.24. The highest BCUT2D eigenvalue weighted by molar-refractivity contribution is 7.12. The second-order valence-electron chi connectivity index (χ2n) is 6.40. The molecule has 1 aromatic heterocycles. The molecule has 0 fully saturated rings. The van der Waals surface area contributed by atoms with Crippen molar-refractivity contribution in [3.05, 3.63) is 93.8 Å². The zero-order valence-corrected chi connectivity index (χ0v) is 16.4. The standard InChI is InChI=1S/C23H20N2O2S/c1-2-25(16-18-7-4-3-5-8-18)19-12-10-17(11-13-19)15-20-23(26)27-22(24-20)21-9-6-14-28-21/h3-15H,2,16H2,1H3/b20-15-. The molecule has 140 valence electrons. The van der Waals surface area contributed by atoms with Crippen LogP contribution in [0.1, 0.15) is 22.9 Å². The number of benzene rings is 2. The lowest BCUT2D eigenvalue weighted by molar-refractivity contribution is -0.129. The number of hydrogen-bond acceptors (Lipinski definition) is 5. The number of carbonyl (C=O) groups is 1. The Labute approximate surface area is 168 Å². The Kier molecular flexibility index (Phi) is 5.35. The number of thiophene rings is 1. The van der Waals surface area contributed by atoms with E-state index in [0.717, 1.165) is 29.2 Å². The van der Waals surface area contributed by atoms with Gasteiger partial charge in [-0.3, -0.25) is 0 Å². The number of anilines is 1. The molecule has 4 nitrogen and oxygen atoms in total. The Morgan fingerprint density at radius 2 is 1.82 bits per heavy atom. The number of rotatable bonds is 6. The molecule has 0 spiro atoms. The summed E-state index contributed by atoms with van der Waals surface area (Å²) in [5.41, 5.74) is 3.67. The zero-order valence-electron chi connectivity index (χ0n) is 15.5. The minimum absolute atomic E-state index is 0.327. The lowest BCUT2D eigenvalue weighted by atomic mass is 10.1. The topological polar surface area (TPSA) is 41.9 Å². The van der Waals surface area contributed by atoms with Crippen LogP contribution in [0.25, 0.3) is 6.08 Å². The third-order valence-corrected chi connectivity index (χ3v) is 5.37. The molecule has 3 aromatic rings. The molecule has 5 heteroatoms. The van der Waals surface area contributed by atoms with Crippen molar-refractivity contribution < 1.29 is 9.53 Å². The summed E-state index contributed by atoms with van der Waals surface area (Å²) in [5, 5.41) is 1.93. The van der Waals surface area contributed by atoms with Gasteiger partial charge >= 0.3 is 5.97 Å². The molecular formula is C23H20N2O2S. The summed E-state index contributed by atoms with van der Waals surface area (Å²) in [4.78, 5) is 19.6. The normalized spacial score (nSPS) is 14.8. The fourth-order valence-corrected chi connectivity index (χ4v) is 3.69. The molecule has 0 bridgehead atoms. The molecule has 0 amide bonds. The Morgan fingerprint density at radius 3 is 2.50 bits per heavy atom. The lowest BCUT2D eigenvalue weighted by Crippen LogP contribution is -2.21. The van der Waals surface area contributed by atoms with Gasteiger partial charge in [0.2, 0.25) is 5.90 Å². The molecule has 1 aliphatic rings. The van der Waals surface area contributed by atoms with E-state index in [1.807, 2.05) is 35.7 Å². The van der Waals surface area contributed by atoms with Gasteiger partial charge in [-0.05, 0) is 47.7 Å². The predicted octanol–water partition coefficient (Wildman–Crippen LogP) is 5.12. The van der Waals surface area contributed by atoms with Crippen LogP contribution in [0.3, 0.4) is 0 Å². The lowest BCUT2D eigenvalue weighted by Gasteiger charge is -2.23. The number of nitrogens with zero attached hydrogens (tertiary/aromatic N) is 2. The number of carbonyl (C=O) groups excluding carboxylic acids is 1. The van der Waals surface area contributed by atoms with Crippen LogP contribution < -0.4 is 4.90 Å². The smallest absolute Gasteiger partial charge is 0.363 e. The van der Waals surface area contributed by atoms with Gasteiger partial charge in [-0.1, -0.05) is 48.5 Å². The molecule has 0 aliphatic carbocycles. The van der Waals surface area contributed by atoms with Crippen molar-refractivity contribution in [2.45, 2.75) is 13.5 Å². The summed E-state index contributed by atoms with van der Waals surface area (Å²) >= 11 is 1.50. The first-order valence-corrected chi connectivity index (χ1v) is 10.1. The van der Waals surface area contributed by atoms with Crippen LogP contribution in [-0.4, -0.2) is 18.4 Å². The highest BCUT2D eigenvalue weighted by atomic mass is 32.1. The summed E-state index contributed by atoms with van der Waals surface area (Å²) in [6.45, 7) is 3.92. The van der Waals surface area contributed by atoms with E-state index in [-0.39, 0.29) is 0 Å². The van der Waals surface area contributed by atoms with Gasteiger partial charge in [-0.25, -0.2) is 9.79 Å². The SMILES string of the molecule is CCN(Cc1ccccc1)c1ccc(/C=C2\N=C(c3cccs3)OC2=O)cc1. The number of aliphatic imine (C=N–C) groups is 1. The van der Waals surface area contributed by atoms with Crippen molar-refractivity contribution in [3.63, 3.8) is 0 Å². The van der Waals surface area contributed by atoms with Crippen molar-refractivity contribution in [2.24, 2.45) is 4.99 Å². The van der Waals surface area contributed by atoms with Gasteiger partial charge < -0.3 is 9.64 Å². The monoisotopic (exact) mass is 388 g/mol. The maximum atomic E-state index is 12.1. The first-order chi connectivity index (χ1) is 13.7. The molecular weight excluding hydrogens is 368 g/mol. The van der Waals surface area contributed by atoms with Gasteiger partial charge in [0.25, 0.3) is 0 Å². The first-order valence-electron chi connectivity index (χ1n) is 9.18. The molecule has 0 saturated carbocycles. The van der Waals surface area contributed by atoms with Crippen LogP contribution >= 0.6 is 11.3 Å². The van der Waals surface area contributed by atoms with Gasteiger partial charge in [0.1, 0.15) is 0 Å². The molecule has 0 unspecified atom stereocenters. The van der Waals surface area contributed by atoms with Gasteiger partial charge in [0, 0.05) is 18.8 Å². The van der Waals surface area contributed by atoms with Crippen molar-refractivity contribution in [1.29, 1.82) is 0 Å². The summed E-state index contributed by atoms with van der Waals surface area (Å²) in [6, 6.07) is 22.4. The third-order valence-electron chi connectivity index (χ3n) is 4.51. The molecule has 4 rings (SSSR count).